The monoisotopic (exact) mass is 368 g/mol. The van der Waals surface area contributed by atoms with E-state index in [1.807, 2.05) is 26.0 Å². The molecule has 1 heterocycles. The van der Waals surface area contributed by atoms with Gasteiger partial charge in [-0.1, -0.05) is 0 Å². The highest BCUT2D eigenvalue weighted by atomic mass is 16.5. The summed E-state index contributed by atoms with van der Waals surface area (Å²) < 4.78 is 11.2. The molecule has 1 saturated heterocycles. The van der Waals surface area contributed by atoms with E-state index in [0.29, 0.717) is 30.3 Å². The number of rotatable bonds is 7. The van der Waals surface area contributed by atoms with Gasteiger partial charge in [-0.05, 0) is 75.6 Å². The fourth-order valence-electron chi connectivity index (χ4n) is 3.30. The van der Waals surface area contributed by atoms with E-state index in [-0.39, 0.29) is 5.91 Å². The number of hydrogen-bond acceptors (Lipinski definition) is 4. The lowest BCUT2D eigenvalue weighted by atomic mass is 10.1. The summed E-state index contributed by atoms with van der Waals surface area (Å²) in [5.41, 5.74) is 2.54. The van der Waals surface area contributed by atoms with Gasteiger partial charge in [0, 0.05) is 30.0 Å². The van der Waals surface area contributed by atoms with Crippen LogP contribution in [0.25, 0.3) is 0 Å². The first-order valence-corrected chi connectivity index (χ1v) is 9.77. The van der Waals surface area contributed by atoms with Gasteiger partial charge in [0.2, 0.25) is 0 Å². The van der Waals surface area contributed by atoms with Crippen LogP contribution in [0.1, 0.15) is 43.5 Å². The molecule has 144 valence electrons. The molecule has 1 amide bonds. The second kappa shape index (κ2) is 9.31. The van der Waals surface area contributed by atoms with Crippen LogP contribution >= 0.6 is 0 Å². The summed E-state index contributed by atoms with van der Waals surface area (Å²) in [6, 6.07) is 13.3. The number of nitrogens with one attached hydrogen (secondary N) is 1. The molecule has 0 spiro atoms. The summed E-state index contributed by atoms with van der Waals surface area (Å²) in [5, 5.41) is 2.96. The van der Waals surface area contributed by atoms with Crippen LogP contribution in [0, 0.1) is 0 Å². The molecular formula is C22H28N2O3. The van der Waals surface area contributed by atoms with Crippen molar-refractivity contribution < 1.29 is 14.3 Å². The molecule has 27 heavy (non-hydrogen) atoms. The van der Waals surface area contributed by atoms with Crippen LogP contribution in [0.3, 0.4) is 0 Å². The Labute approximate surface area is 161 Å². The quantitative estimate of drug-likeness (QED) is 0.768. The van der Waals surface area contributed by atoms with Crippen molar-refractivity contribution in [1.82, 2.24) is 0 Å². The van der Waals surface area contributed by atoms with Gasteiger partial charge in [-0.3, -0.25) is 4.79 Å². The molecule has 0 radical (unpaired) electrons. The largest absolute Gasteiger partial charge is 0.490 e. The summed E-state index contributed by atoms with van der Waals surface area (Å²) in [4.78, 5) is 15.0. The standard InChI is InChI=1S/C22H28N2O3/c1-3-26-20-13-8-17(16-21(20)27-4-2)22(25)23-18-9-11-19(12-10-18)24-14-6-5-7-15-24/h8-13,16H,3-7,14-15H2,1-2H3,(H,23,25). The molecule has 2 aromatic rings. The van der Waals surface area contributed by atoms with Gasteiger partial charge in [-0.25, -0.2) is 0 Å². The lowest BCUT2D eigenvalue weighted by molar-refractivity contribution is 0.102. The van der Waals surface area contributed by atoms with Crippen LogP contribution in [-0.4, -0.2) is 32.2 Å². The Morgan fingerprint density at radius 1 is 0.926 bits per heavy atom. The van der Waals surface area contributed by atoms with Crippen molar-refractivity contribution in [3.8, 4) is 11.5 Å². The maximum Gasteiger partial charge on any atom is 0.255 e. The molecule has 3 rings (SSSR count). The fourth-order valence-corrected chi connectivity index (χ4v) is 3.30. The fraction of sp³-hybridized carbons (Fsp3) is 0.409. The Bertz CT molecular complexity index is 753. The van der Waals surface area contributed by atoms with Gasteiger partial charge in [-0.2, -0.15) is 0 Å². The number of amides is 1. The van der Waals surface area contributed by atoms with E-state index in [4.69, 9.17) is 9.47 Å². The number of carbonyl (C=O) groups is 1. The van der Waals surface area contributed by atoms with Crippen molar-refractivity contribution in [2.24, 2.45) is 0 Å². The third kappa shape index (κ3) is 4.94. The van der Waals surface area contributed by atoms with Gasteiger partial charge in [0.05, 0.1) is 13.2 Å². The number of nitrogens with zero attached hydrogens (tertiary/aromatic N) is 1. The zero-order valence-corrected chi connectivity index (χ0v) is 16.2. The van der Waals surface area contributed by atoms with Gasteiger partial charge in [0.25, 0.3) is 5.91 Å². The van der Waals surface area contributed by atoms with E-state index >= 15 is 0 Å². The predicted molar refractivity (Wildman–Crippen MR) is 109 cm³/mol. The molecule has 5 nitrogen and oxygen atoms in total. The first kappa shape index (κ1) is 19.1. The second-order valence-electron chi connectivity index (χ2n) is 6.58. The van der Waals surface area contributed by atoms with E-state index in [2.05, 4.69) is 22.3 Å². The van der Waals surface area contributed by atoms with Crippen molar-refractivity contribution in [3.05, 3.63) is 48.0 Å². The highest BCUT2D eigenvalue weighted by molar-refractivity contribution is 6.04. The average Bonchev–Trinajstić information content (AvgIpc) is 2.71. The topological polar surface area (TPSA) is 50.8 Å². The summed E-state index contributed by atoms with van der Waals surface area (Å²) >= 11 is 0. The smallest absolute Gasteiger partial charge is 0.255 e. The van der Waals surface area contributed by atoms with Crippen LogP contribution in [0.15, 0.2) is 42.5 Å². The van der Waals surface area contributed by atoms with Crippen molar-refractivity contribution in [2.75, 3.05) is 36.5 Å². The molecule has 0 unspecified atom stereocenters. The molecule has 0 atom stereocenters. The average molecular weight is 368 g/mol. The molecule has 0 aliphatic carbocycles. The zero-order valence-electron chi connectivity index (χ0n) is 16.2. The van der Waals surface area contributed by atoms with Crippen LogP contribution in [0.2, 0.25) is 0 Å². The lowest BCUT2D eigenvalue weighted by Crippen LogP contribution is -2.29. The summed E-state index contributed by atoms with van der Waals surface area (Å²) in [6.07, 6.45) is 3.81. The Balaban J connectivity index is 1.68. The van der Waals surface area contributed by atoms with Crippen molar-refractivity contribution in [2.45, 2.75) is 33.1 Å². The first-order valence-electron chi connectivity index (χ1n) is 9.77. The van der Waals surface area contributed by atoms with E-state index in [1.165, 1.54) is 24.9 Å². The lowest BCUT2D eigenvalue weighted by Gasteiger charge is -2.28. The SMILES string of the molecule is CCOc1ccc(C(=O)Nc2ccc(N3CCCCC3)cc2)cc1OCC. The minimum Gasteiger partial charge on any atom is -0.490 e. The minimum atomic E-state index is -0.162. The number of piperidine rings is 1. The number of benzene rings is 2. The Kier molecular flexibility index (Phi) is 6.58. The number of carbonyl (C=O) groups excluding carboxylic acids is 1. The Morgan fingerprint density at radius 3 is 2.26 bits per heavy atom. The van der Waals surface area contributed by atoms with Gasteiger partial charge in [-0.15, -0.1) is 0 Å². The molecule has 1 N–H and O–H groups in total. The van der Waals surface area contributed by atoms with E-state index in [0.717, 1.165) is 18.8 Å². The predicted octanol–water partition coefficient (Wildman–Crippen LogP) is 4.73. The van der Waals surface area contributed by atoms with E-state index < -0.39 is 0 Å². The third-order valence-electron chi connectivity index (χ3n) is 4.65. The highest BCUT2D eigenvalue weighted by Gasteiger charge is 2.13. The molecule has 1 aliphatic heterocycles. The van der Waals surface area contributed by atoms with Gasteiger partial charge >= 0.3 is 0 Å². The van der Waals surface area contributed by atoms with Gasteiger partial charge in [0.1, 0.15) is 0 Å². The van der Waals surface area contributed by atoms with Crippen molar-refractivity contribution >= 4 is 17.3 Å². The van der Waals surface area contributed by atoms with Crippen molar-refractivity contribution in [1.29, 1.82) is 0 Å². The zero-order chi connectivity index (χ0) is 19.1. The molecule has 0 bridgehead atoms. The van der Waals surface area contributed by atoms with Crippen molar-refractivity contribution in [3.63, 3.8) is 0 Å². The normalized spacial score (nSPS) is 13.9. The van der Waals surface area contributed by atoms with Crippen LogP contribution in [0.4, 0.5) is 11.4 Å². The number of hydrogen-bond donors (Lipinski definition) is 1. The molecule has 1 aliphatic rings. The molecule has 1 fully saturated rings. The maximum atomic E-state index is 12.6. The third-order valence-corrected chi connectivity index (χ3v) is 4.65. The molecule has 0 saturated carbocycles. The number of ether oxygens (including phenoxy) is 2. The first-order chi connectivity index (χ1) is 13.2. The summed E-state index contributed by atoms with van der Waals surface area (Å²) in [6.45, 7) is 7.12. The van der Waals surface area contributed by atoms with Crippen LogP contribution < -0.4 is 19.7 Å². The molecular weight excluding hydrogens is 340 g/mol. The highest BCUT2D eigenvalue weighted by Crippen LogP contribution is 2.29. The summed E-state index contributed by atoms with van der Waals surface area (Å²) in [7, 11) is 0. The molecule has 5 heteroatoms. The van der Waals surface area contributed by atoms with Crippen LogP contribution in [-0.2, 0) is 0 Å². The van der Waals surface area contributed by atoms with Gasteiger partial charge in [0.15, 0.2) is 11.5 Å². The molecule has 0 aromatic heterocycles. The second-order valence-corrected chi connectivity index (χ2v) is 6.58. The maximum absolute atomic E-state index is 12.6. The van der Waals surface area contributed by atoms with Gasteiger partial charge < -0.3 is 19.7 Å². The minimum absolute atomic E-state index is 0.162. The Morgan fingerprint density at radius 2 is 1.59 bits per heavy atom. The summed E-state index contributed by atoms with van der Waals surface area (Å²) in [5.74, 6) is 1.08. The van der Waals surface area contributed by atoms with E-state index in [9.17, 15) is 4.79 Å². The molecule has 2 aromatic carbocycles. The van der Waals surface area contributed by atoms with Crippen LogP contribution in [0.5, 0.6) is 11.5 Å². The Hall–Kier alpha value is -2.69. The number of anilines is 2. The van der Waals surface area contributed by atoms with E-state index in [1.54, 1.807) is 18.2 Å².